The van der Waals surface area contributed by atoms with E-state index in [-0.39, 0.29) is 29.8 Å². The molecule has 1 heterocycles. The van der Waals surface area contributed by atoms with Crippen LogP contribution >= 0.6 is 24.0 Å². The normalized spacial score (nSPS) is 11.0. The Bertz CT molecular complexity index is 613. The van der Waals surface area contributed by atoms with E-state index in [2.05, 4.69) is 20.6 Å². The molecular weight excluding hydrogens is 408 g/mol. The number of rotatable bonds is 6. The fraction of sp³-hybridized carbons (Fsp3) is 0.375. The smallest absolute Gasteiger partial charge is 0.191 e. The van der Waals surface area contributed by atoms with Crippen molar-refractivity contribution in [2.24, 2.45) is 4.99 Å². The second-order valence-corrected chi connectivity index (χ2v) is 5.09. The van der Waals surface area contributed by atoms with Crippen molar-refractivity contribution < 1.29 is 4.39 Å². The quantitative estimate of drug-likeness (QED) is 0.320. The molecule has 2 rings (SSSR count). The summed E-state index contributed by atoms with van der Waals surface area (Å²) in [4.78, 5) is 8.16. The third kappa shape index (κ3) is 6.55. The molecule has 7 heteroatoms. The summed E-state index contributed by atoms with van der Waals surface area (Å²) < 4.78 is 15.5. The van der Waals surface area contributed by atoms with Crippen LogP contribution in [0, 0.1) is 12.7 Å². The number of aliphatic imine (C=N–C) groups is 1. The molecule has 1 aromatic heterocycles. The minimum Gasteiger partial charge on any atom is -0.356 e. The van der Waals surface area contributed by atoms with Gasteiger partial charge in [0, 0.05) is 39.1 Å². The van der Waals surface area contributed by atoms with E-state index in [1.807, 2.05) is 16.8 Å². The van der Waals surface area contributed by atoms with Gasteiger partial charge in [-0.15, -0.1) is 24.0 Å². The molecule has 126 valence electrons. The molecular formula is C16H23FIN5. The molecule has 0 amide bonds. The van der Waals surface area contributed by atoms with Crippen molar-refractivity contribution in [2.45, 2.75) is 26.4 Å². The fourth-order valence-corrected chi connectivity index (χ4v) is 2.04. The van der Waals surface area contributed by atoms with Crippen LogP contribution in [-0.4, -0.2) is 29.1 Å². The van der Waals surface area contributed by atoms with Crippen LogP contribution in [-0.2, 0) is 13.1 Å². The number of hydrogen-bond acceptors (Lipinski definition) is 2. The van der Waals surface area contributed by atoms with Crippen molar-refractivity contribution in [2.75, 3.05) is 13.6 Å². The molecule has 2 aromatic rings. The summed E-state index contributed by atoms with van der Waals surface area (Å²) in [5, 5.41) is 6.42. The van der Waals surface area contributed by atoms with Crippen LogP contribution in [0.2, 0.25) is 0 Å². The Morgan fingerprint density at radius 3 is 2.83 bits per heavy atom. The Labute approximate surface area is 153 Å². The van der Waals surface area contributed by atoms with E-state index in [4.69, 9.17) is 0 Å². The minimum atomic E-state index is -0.178. The summed E-state index contributed by atoms with van der Waals surface area (Å²) in [5.74, 6) is 0.536. The van der Waals surface area contributed by atoms with Gasteiger partial charge in [-0.3, -0.25) is 4.99 Å². The number of imidazole rings is 1. The van der Waals surface area contributed by atoms with Crippen LogP contribution in [0.5, 0.6) is 0 Å². The summed E-state index contributed by atoms with van der Waals surface area (Å²) in [7, 11) is 1.72. The van der Waals surface area contributed by atoms with E-state index in [0.717, 1.165) is 25.1 Å². The predicted molar refractivity (Wildman–Crippen MR) is 102 cm³/mol. The van der Waals surface area contributed by atoms with Gasteiger partial charge in [0.1, 0.15) is 5.82 Å². The monoisotopic (exact) mass is 431 g/mol. The lowest BCUT2D eigenvalue weighted by molar-refractivity contribution is 0.614. The van der Waals surface area contributed by atoms with Gasteiger partial charge in [-0.1, -0.05) is 12.1 Å². The van der Waals surface area contributed by atoms with Crippen LogP contribution in [0.4, 0.5) is 4.39 Å². The molecule has 0 unspecified atom stereocenters. The second-order valence-electron chi connectivity index (χ2n) is 5.09. The number of aromatic nitrogens is 2. The number of hydrogen-bond donors (Lipinski definition) is 2. The van der Waals surface area contributed by atoms with E-state index in [0.29, 0.717) is 18.1 Å². The van der Waals surface area contributed by atoms with Crippen LogP contribution in [0.1, 0.15) is 17.5 Å². The highest BCUT2D eigenvalue weighted by molar-refractivity contribution is 14.0. The van der Waals surface area contributed by atoms with Gasteiger partial charge in [-0.05, 0) is 30.5 Å². The molecule has 0 aliphatic heterocycles. The zero-order valence-corrected chi connectivity index (χ0v) is 15.8. The summed E-state index contributed by atoms with van der Waals surface area (Å²) in [6, 6.07) is 5.25. The first-order valence-electron chi connectivity index (χ1n) is 7.34. The third-order valence-corrected chi connectivity index (χ3v) is 3.36. The molecule has 0 saturated heterocycles. The number of benzene rings is 1. The summed E-state index contributed by atoms with van der Waals surface area (Å²) in [6.07, 6.45) is 6.49. The Morgan fingerprint density at radius 1 is 1.35 bits per heavy atom. The van der Waals surface area contributed by atoms with Gasteiger partial charge >= 0.3 is 0 Å². The van der Waals surface area contributed by atoms with Crippen molar-refractivity contribution in [1.82, 2.24) is 20.2 Å². The number of nitrogens with zero attached hydrogens (tertiary/aromatic N) is 3. The van der Waals surface area contributed by atoms with Gasteiger partial charge in [0.2, 0.25) is 0 Å². The van der Waals surface area contributed by atoms with E-state index < -0.39 is 0 Å². The molecule has 2 N–H and O–H groups in total. The Balaban J connectivity index is 0.00000264. The Hall–Kier alpha value is -1.64. The number of nitrogens with one attached hydrogen (secondary N) is 2. The number of halogens is 2. The van der Waals surface area contributed by atoms with E-state index in [9.17, 15) is 4.39 Å². The topological polar surface area (TPSA) is 54.2 Å². The zero-order valence-electron chi connectivity index (χ0n) is 13.4. The minimum absolute atomic E-state index is 0. The SMILES string of the molecule is CN=C(NCCCn1ccnc1)NCc1ccc(C)c(F)c1.I. The largest absolute Gasteiger partial charge is 0.356 e. The van der Waals surface area contributed by atoms with Gasteiger partial charge in [0.05, 0.1) is 6.33 Å². The van der Waals surface area contributed by atoms with Gasteiger partial charge in [-0.2, -0.15) is 0 Å². The lowest BCUT2D eigenvalue weighted by Gasteiger charge is -2.12. The lowest BCUT2D eigenvalue weighted by atomic mass is 10.1. The molecule has 5 nitrogen and oxygen atoms in total. The maximum atomic E-state index is 13.5. The van der Waals surface area contributed by atoms with Crippen LogP contribution < -0.4 is 10.6 Å². The summed E-state index contributed by atoms with van der Waals surface area (Å²) in [5.41, 5.74) is 1.55. The van der Waals surface area contributed by atoms with Gasteiger partial charge in [-0.25, -0.2) is 9.37 Å². The average molecular weight is 431 g/mol. The molecule has 0 bridgehead atoms. The van der Waals surface area contributed by atoms with Gasteiger partial charge in [0.25, 0.3) is 0 Å². The van der Waals surface area contributed by atoms with Crippen LogP contribution in [0.3, 0.4) is 0 Å². The third-order valence-electron chi connectivity index (χ3n) is 3.36. The van der Waals surface area contributed by atoms with Crippen molar-refractivity contribution in [1.29, 1.82) is 0 Å². The van der Waals surface area contributed by atoms with Crippen molar-refractivity contribution >= 4 is 29.9 Å². The standard InChI is InChI=1S/C16H22FN5.HI/c1-13-4-5-14(10-15(13)17)11-21-16(18-2)20-6-3-8-22-9-7-19-12-22;/h4-5,7,9-10,12H,3,6,8,11H2,1-2H3,(H2,18,20,21);1H. The Morgan fingerprint density at radius 2 is 2.17 bits per heavy atom. The highest BCUT2D eigenvalue weighted by Crippen LogP contribution is 2.08. The molecule has 0 spiro atoms. The highest BCUT2D eigenvalue weighted by Gasteiger charge is 2.01. The molecule has 0 aliphatic carbocycles. The summed E-state index contributed by atoms with van der Waals surface area (Å²) in [6.45, 7) is 4.01. The number of guanidine groups is 1. The maximum absolute atomic E-state index is 13.5. The van der Waals surface area contributed by atoms with Gasteiger partial charge in [0.15, 0.2) is 5.96 Å². The molecule has 0 atom stereocenters. The van der Waals surface area contributed by atoms with E-state index >= 15 is 0 Å². The first-order valence-corrected chi connectivity index (χ1v) is 7.34. The molecule has 1 aromatic carbocycles. The van der Waals surface area contributed by atoms with E-state index in [1.165, 1.54) is 0 Å². The van der Waals surface area contributed by atoms with E-state index in [1.54, 1.807) is 38.6 Å². The number of aryl methyl sites for hydroxylation is 2. The maximum Gasteiger partial charge on any atom is 0.191 e. The predicted octanol–water partition coefficient (Wildman–Crippen LogP) is 2.70. The second kappa shape index (κ2) is 10.2. The zero-order chi connectivity index (χ0) is 15.8. The van der Waals surface area contributed by atoms with Crippen LogP contribution in [0.25, 0.3) is 0 Å². The van der Waals surface area contributed by atoms with Crippen molar-refractivity contribution in [3.8, 4) is 0 Å². The van der Waals surface area contributed by atoms with Crippen LogP contribution in [0.15, 0.2) is 41.9 Å². The highest BCUT2D eigenvalue weighted by atomic mass is 127. The molecule has 23 heavy (non-hydrogen) atoms. The molecule has 0 fully saturated rings. The Kier molecular flexibility index (Phi) is 8.60. The first kappa shape index (κ1) is 19.4. The average Bonchev–Trinajstić information content (AvgIpc) is 3.03. The van der Waals surface area contributed by atoms with Gasteiger partial charge < -0.3 is 15.2 Å². The first-order chi connectivity index (χ1) is 10.7. The lowest BCUT2D eigenvalue weighted by Crippen LogP contribution is -2.37. The fourth-order valence-electron chi connectivity index (χ4n) is 2.04. The van der Waals surface area contributed by atoms with Crippen molar-refractivity contribution in [3.63, 3.8) is 0 Å². The molecule has 0 saturated carbocycles. The molecule has 0 radical (unpaired) electrons. The summed E-state index contributed by atoms with van der Waals surface area (Å²) >= 11 is 0. The van der Waals surface area contributed by atoms with Crippen molar-refractivity contribution in [3.05, 3.63) is 53.9 Å². The molecule has 0 aliphatic rings.